The molecule has 64 valence electrons. The molecule has 0 amide bonds. The topological polar surface area (TPSA) is 26.3 Å². The highest BCUT2D eigenvalue weighted by Gasteiger charge is 2.05. The summed E-state index contributed by atoms with van der Waals surface area (Å²) in [6, 6.07) is 5.47. The van der Waals surface area contributed by atoms with Crippen molar-refractivity contribution in [1.29, 1.82) is 0 Å². The number of hydrogen-bond acceptors (Lipinski definition) is 2. The summed E-state index contributed by atoms with van der Waals surface area (Å²) in [7, 11) is 1.59. The van der Waals surface area contributed by atoms with E-state index in [-0.39, 0.29) is 5.78 Å². The van der Waals surface area contributed by atoms with Gasteiger partial charge in [0, 0.05) is 9.13 Å². The monoisotopic (exact) mass is 276 g/mol. The van der Waals surface area contributed by atoms with Crippen LogP contribution < -0.4 is 4.74 Å². The van der Waals surface area contributed by atoms with Gasteiger partial charge in [0.15, 0.2) is 5.78 Å². The zero-order valence-electron chi connectivity index (χ0n) is 6.93. The Kier molecular flexibility index (Phi) is 3.08. The van der Waals surface area contributed by atoms with Gasteiger partial charge in [0.1, 0.15) is 5.75 Å². The van der Waals surface area contributed by atoms with Gasteiger partial charge in [0.25, 0.3) is 0 Å². The Balaban J connectivity index is 3.17. The maximum absolute atomic E-state index is 11.1. The number of carbonyl (C=O) groups is 1. The summed E-state index contributed by atoms with van der Waals surface area (Å²) in [4.78, 5) is 11.1. The number of rotatable bonds is 2. The molecule has 2 nitrogen and oxygen atoms in total. The van der Waals surface area contributed by atoms with Crippen LogP contribution in [0.15, 0.2) is 18.2 Å². The van der Waals surface area contributed by atoms with E-state index in [9.17, 15) is 4.79 Å². The Morgan fingerprint density at radius 3 is 2.67 bits per heavy atom. The first kappa shape index (κ1) is 9.51. The molecule has 0 N–H and O–H groups in total. The SMILES string of the molecule is COc1ccc(I)c(C(C)=O)c1. The first-order chi connectivity index (χ1) is 5.65. The number of ketones is 1. The lowest BCUT2D eigenvalue weighted by Gasteiger charge is -2.03. The van der Waals surface area contributed by atoms with Crippen molar-refractivity contribution in [1.82, 2.24) is 0 Å². The van der Waals surface area contributed by atoms with Crippen LogP contribution in [-0.4, -0.2) is 12.9 Å². The molecule has 0 bridgehead atoms. The second kappa shape index (κ2) is 3.89. The summed E-state index contributed by atoms with van der Waals surface area (Å²) < 4.78 is 5.96. The third-order valence-electron chi connectivity index (χ3n) is 1.55. The summed E-state index contributed by atoms with van der Waals surface area (Å²) in [5, 5.41) is 0. The lowest BCUT2D eigenvalue weighted by atomic mass is 10.1. The van der Waals surface area contributed by atoms with E-state index in [4.69, 9.17) is 4.74 Å². The summed E-state index contributed by atoms with van der Waals surface area (Å²) in [5.41, 5.74) is 0.718. The molecule has 0 saturated carbocycles. The number of methoxy groups -OCH3 is 1. The molecule has 0 radical (unpaired) electrons. The van der Waals surface area contributed by atoms with E-state index >= 15 is 0 Å². The zero-order valence-corrected chi connectivity index (χ0v) is 9.08. The maximum Gasteiger partial charge on any atom is 0.161 e. The second-order valence-electron chi connectivity index (χ2n) is 2.40. The van der Waals surface area contributed by atoms with Gasteiger partial charge in [0.05, 0.1) is 7.11 Å². The van der Waals surface area contributed by atoms with Crippen LogP contribution in [0.2, 0.25) is 0 Å². The molecule has 1 rings (SSSR count). The Bertz CT molecular complexity index is 307. The number of halogens is 1. The van der Waals surface area contributed by atoms with Crippen LogP contribution in [0.1, 0.15) is 17.3 Å². The Morgan fingerprint density at radius 1 is 1.50 bits per heavy atom. The van der Waals surface area contributed by atoms with Crippen molar-refractivity contribution in [2.24, 2.45) is 0 Å². The van der Waals surface area contributed by atoms with Crippen molar-refractivity contribution in [3.05, 3.63) is 27.3 Å². The maximum atomic E-state index is 11.1. The molecule has 0 unspecified atom stereocenters. The third kappa shape index (κ3) is 1.97. The van der Waals surface area contributed by atoms with Crippen molar-refractivity contribution in [2.45, 2.75) is 6.92 Å². The van der Waals surface area contributed by atoms with Crippen LogP contribution in [0.4, 0.5) is 0 Å². The molecule has 0 aromatic heterocycles. The van der Waals surface area contributed by atoms with E-state index in [0.29, 0.717) is 0 Å². The fraction of sp³-hybridized carbons (Fsp3) is 0.222. The highest BCUT2D eigenvalue weighted by Crippen LogP contribution is 2.19. The molecule has 0 aliphatic heterocycles. The van der Waals surface area contributed by atoms with Gasteiger partial charge >= 0.3 is 0 Å². The van der Waals surface area contributed by atoms with E-state index in [1.165, 1.54) is 0 Å². The van der Waals surface area contributed by atoms with E-state index < -0.39 is 0 Å². The average molecular weight is 276 g/mol. The van der Waals surface area contributed by atoms with Crippen molar-refractivity contribution in [3.8, 4) is 5.75 Å². The predicted molar refractivity (Wildman–Crippen MR) is 55.7 cm³/mol. The minimum atomic E-state index is 0.0679. The smallest absolute Gasteiger partial charge is 0.161 e. The molecule has 0 heterocycles. The summed E-state index contributed by atoms with van der Waals surface area (Å²) >= 11 is 2.13. The van der Waals surface area contributed by atoms with Crippen LogP contribution in [-0.2, 0) is 0 Å². The summed E-state index contributed by atoms with van der Waals surface area (Å²) in [5.74, 6) is 0.791. The summed E-state index contributed by atoms with van der Waals surface area (Å²) in [6.45, 7) is 1.55. The molecule has 0 aliphatic rings. The van der Waals surface area contributed by atoms with Gasteiger partial charge in [0.2, 0.25) is 0 Å². The normalized spacial score (nSPS) is 9.58. The van der Waals surface area contributed by atoms with Crippen molar-refractivity contribution < 1.29 is 9.53 Å². The van der Waals surface area contributed by atoms with Crippen LogP contribution in [0, 0.1) is 3.57 Å². The average Bonchev–Trinajstić information content (AvgIpc) is 2.05. The van der Waals surface area contributed by atoms with Gasteiger partial charge in [-0.05, 0) is 47.7 Å². The van der Waals surface area contributed by atoms with Gasteiger partial charge in [-0.3, -0.25) is 4.79 Å². The highest BCUT2D eigenvalue weighted by molar-refractivity contribution is 14.1. The fourth-order valence-corrected chi connectivity index (χ4v) is 1.62. The number of benzene rings is 1. The van der Waals surface area contributed by atoms with Gasteiger partial charge in [-0.2, -0.15) is 0 Å². The number of hydrogen-bond donors (Lipinski definition) is 0. The van der Waals surface area contributed by atoms with Crippen LogP contribution >= 0.6 is 22.6 Å². The van der Waals surface area contributed by atoms with Crippen LogP contribution in [0.5, 0.6) is 5.75 Å². The molecule has 0 fully saturated rings. The second-order valence-corrected chi connectivity index (χ2v) is 3.56. The lowest BCUT2D eigenvalue weighted by Crippen LogP contribution is -1.96. The molecule has 12 heavy (non-hydrogen) atoms. The van der Waals surface area contributed by atoms with E-state index in [0.717, 1.165) is 14.9 Å². The van der Waals surface area contributed by atoms with Crippen molar-refractivity contribution >= 4 is 28.4 Å². The molecule has 1 aromatic rings. The number of ether oxygens (including phenoxy) is 1. The zero-order chi connectivity index (χ0) is 9.14. The van der Waals surface area contributed by atoms with Gasteiger partial charge in [-0.25, -0.2) is 0 Å². The quantitative estimate of drug-likeness (QED) is 0.612. The highest BCUT2D eigenvalue weighted by atomic mass is 127. The first-order valence-corrected chi connectivity index (χ1v) is 4.57. The van der Waals surface area contributed by atoms with E-state index in [2.05, 4.69) is 22.6 Å². The van der Waals surface area contributed by atoms with Gasteiger partial charge in [-0.15, -0.1) is 0 Å². The molecule has 0 spiro atoms. The Hall–Kier alpha value is -0.580. The van der Waals surface area contributed by atoms with E-state index in [1.807, 2.05) is 12.1 Å². The van der Waals surface area contributed by atoms with Gasteiger partial charge in [-0.1, -0.05) is 0 Å². The molecule has 0 atom stereocenters. The van der Waals surface area contributed by atoms with E-state index in [1.54, 1.807) is 20.1 Å². The van der Waals surface area contributed by atoms with Gasteiger partial charge < -0.3 is 4.74 Å². The third-order valence-corrected chi connectivity index (χ3v) is 2.49. The van der Waals surface area contributed by atoms with Crippen molar-refractivity contribution in [3.63, 3.8) is 0 Å². The Morgan fingerprint density at radius 2 is 2.17 bits per heavy atom. The minimum Gasteiger partial charge on any atom is -0.497 e. The summed E-state index contributed by atoms with van der Waals surface area (Å²) in [6.07, 6.45) is 0. The largest absolute Gasteiger partial charge is 0.497 e. The minimum absolute atomic E-state index is 0.0679. The molecular weight excluding hydrogens is 267 g/mol. The molecule has 1 aromatic carbocycles. The molecule has 3 heteroatoms. The standard InChI is InChI=1S/C9H9IO2/c1-6(11)8-5-7(12-2)3-4-9(8)10/h3-5H,1-2H3. The molecular formula is C9H9IO2. The molecule has 0 aliphatic carbocycles. The van der Waals surface area contributed by atoms with Crippen LogP contribution in [0.3, 0.4) is 0 Å². The Labute approximate surface area is 85.1 Å². The predicted octanol–water partition coefficient (Wildman–Crippen LogP) is 2.50. The van der Waals surface area contributed by atoms with Crippen molar-refractivity contribution in [2.75, 3.05) is 7.11 Å². The number of carbonyl (C=O) groups excluding carboxylic acids is 1. The first-order valence-electron chi connectivity index (χ1n) is 3.49. The molecule has 0 saturated heterocycles. The fourth-order valence-electron chi connectivity index (χ4n) is 0.901. The van der Waals surface area contributed by atoms with Crippen LogP contribution in [0.25, 0.3) is 0 Å². The number of Topliss-reactive ketones (excluding diaryl/α,β-unsaturated/α-hetero) is 1. The lowest BCUT2D eigenvalue weighted by molar-refractivity contribution is 0.101.